The second-order valence-electron chi connectivity index (χ2n) is 14.8. The standard InChI is InChI=1S/C50H32N2O2/c1-29-16-23-43-38(25-29)33-10-2-5-13-42(33)52(43)32-19-17-30(18-20-32)47-41-27-46-39(35-12-4-6-14-44(35)53-46)26-40(41)49-37(48(47)31-9-8-24-51-28-31)22-21-36-34-11-3-7-15-45(34)54-50(36)49/h2-24,26-29H,25H2,1H3. The lowest BCUT2D eigenvalue weighted by Crippen LogP contribution is -2.05. The average Bonchev–Trinajstić information content (AvgIpc) is 3.89. The van der Waals surface area contributed by atoms with E-state index in [-0.39, 0.29) is 0 Å². The van der Waals surface area contributed by atoms with Crippen LogP contribution in [0.5, 0.6) is 0 Å². The van der Waals surface area contributed by atoms with Gasteiger partial charge in [0.1, 0.15) is 22.3 Å². The molecule has 54 heavy (non-hydrogen) atoms. The molecule has 1 aliphatic carbocycles. The number of allylic oxidation sites excluding steroid dienone is 1. The van der Waals surface area contributed by atoms with Crippen LogP contribution < -0.4 is 0 Å². The Hall–Kier alpha value is -6.91. The summed E-state index contributed by atoms with van der Waals surface area (Å²) in [7, 11) is 0. The molecule has 4 nitrogen and oxygen atoms in total. The number of nitrogens with zero attached hydrogens (tertiary/aromatic N) is 2. The lowest BCUT2D eigenvalue weighted by atomic mass is 9.84. The Kier molecular flexibility index (Phi) is 6.07. The maximum absolute atomic E-state index is 6.79. The van der Waals surface area contributed by atoms with Gasteiger partial charge in [-0.15, -0.1) is 0 Å². The first-order valence-electron chi connectivity index (χ1n) is 18.7. The zero-order valence-electron chi connectivity index (χ0n) is 29.5. The Labute approximate surface area is 310 Å². The molecule has 0 radical (unpaired) electrons. The van der Waals surface area contributed by atoms with E-state index in [1.807, 2.05) is 30.6 Å². The molecule has 0 saturated heterocycles. The summed E-state index contributed by atoms with van der Waals surface area (Å²) < 4.78 is 15.8. The minimum atomic E-state index is 0.519. The molecule has 7 aromatic carbocycles. The van der Waals surface area contributed by atoms with Gasteiger partial charge in [0.25, 0.3) is 0 Å². The average molecular weight is 693 g/mol. The lowest BCUT2D eigenvalue weighted by Gasteiger charge is -2.19. The molecule has 0 aliphatic heterocycles. The van der Waals surface area contributed by atoms with Crippen LogP contribution in [0.1, 0.15) is 18.2 Å². The molecular formula is C50H32N2O2. The molecule has 4 heteroatoms. The van der Waals surface area contributed by atoms with Gasteiger partial charge in [-0.3, -0.25) is 4.98 Å². The van der Waals surface area contributed by atoms with Crippen LogP contribution in [-0.2, 0) is 6.42 Å². The van der Waals surface area contributed by atoms with Crippen LogP contribution in [0.25, 0.3) is 110 Å². The van der Waals surface area contributed by atoms with Crippen molar-refractivity contribution in [3.63, 3.8) is 0 Å². The molecule has 11 aromatic rings. The topological polar surface area (TPSA) is 44.1 Å². The van der Waals surface area contributed by atoms with Crippen LogP contribution in [0.3, 0.4) is 0 Å². The van der Waals surface area contributed by atoms with Gasteiger partial charge in [0.05, 0.1) is 5.52 Å². The summed E-state index contributed by atoms with van der Waals surface area (Å²) >= 11 is 0. The molecule has 0 N–H and O–H groups in total. The Morgan fingerprint density at radius 1 is 0.574 bits per heavy atom. The Bertz CT molecular complexity index is 3360. The van der Waals surface area contributed by atoms with Crippen molar-refractivity contribution in [3.8, 4) is 27.9 Å². The SMILES string of the molecule is CC1C=Cc2c(c3ccccc3n2-c2ccc(-c3c(-c4cccnc4)c4ccc5c6ccccc6oc5c4c4cc5c(cc34)oc3ccccc35)cc2)C1. The van der Waals surface area contributed by atoms with Crippen molar-refractivity contribution >= 4 is 82.4 Å². The molecule has 1 unspecified atom stereocenters. The highest BCUT2D eigenvalue weighted by Gasteiger charge is 2.25. The summed E-state index contributed by atoms with van der Waals surface area (Å²) in [5.74, 6) is 0.519. The summed E-state index contributed by atoms with van der Waals surface area (Å²) in [6, 6.07) is 47.8. The number of hydrogen-bond donors (Lipinski definition) is 0. The molecular weight excluding hydrogens is 661 g/mol. The molecule has 0 saturated carbocycles. The van der Waals surface area contributed by atoms with Gasteiger partial charge in [-0.05, 0) is 111 Å². The number of aromatic nitrogens is 2. The normalized spacial score (nSPS) is 14.4. The zero-order valence-corrected chi connectivity index (χ0v) is 29.5. The van der Waals surface area contributed by atoms with Crippen LogP contribution in [0, 0.1) is 5.92 Å². The number of hydrogen-bond acceptors (Lipinski definition) is 3. The van der Waals surface area contributed by atoms with Crippen molar-refractivity contribution in [2.75, 3.05) is 0 Å². The van der Waals surface area contributed by atoms with Crippen molar-refractivity contribution in [2.45, 2.75) is 13.3 Å². The van der Waals surface area contributed by atoms with Crippen LogP contribution in [0.15, 0.2) is 161 Å². The first kappa shape index (κ1) is 29.6. The van der Waals surface area contributed by atoms with Gasteiger partial charge < -0.3 is 13.4 Å². The monoisotopic (exact) mass is 692 g/mol. The van der Waals surface area contributed by atoms with E-state index < -0.39 is 0 Å². The van der Waals surface area contributed by atoms with E-state index in [1.54, 1.807) is 0 Å². The molecule has 1 atom stereocenters. The minimum Gasteiger partial charge on any atom is -0.456 e. The lowest BCUT2D eigenvalue weighted by molar-refractivity contribution is 0.669. The quantitative estimate of drug-likeness (QED) is 0.173. The third-order valence-electron chi connectivity index (χ3n) is 11.6. The van der Waals surface area contributed by atoms with E-state index in [2.05, 4.69) is 144 Å². The molecule has 4 heterocycles. The Balaban J connectivity index is 1.20. The van der Waals surface area contributed by atoms with Gasteiger partial charge in [-0.25, -0.2) is 0 Å². The molecule has 12 rings (SSSR count). The third kappa shape index (κ3) is 4.11. The van der Waals surface area contributed by atoms with Gasteiger partial charge in [-0.2, -0.15) is 0 Å². The van der Waals surface area contributed by atoms with Crippen molar-refractivity contribution in [3.05, 3.63) is 163 Å². The van der Waals surface area contributed by atoms with E-state index >= 15 is 0 Å². The Morgan fingerprint density at radius 2 is 1.30 bits per heavy atom. The molecule has 0 fully saturated rings. The molecule has 4 aromatic heterocycles. The largest absolute Gasteiger partial charge is 0.456 e. The summed E-state index contributed by atoms with van der Waals surface area (Å²) in [5, 5.41) is 10.2. The van der Waals surface area contributed by atoms with Gasteiger partial charge in [0.2, 0.25) is 0 Å². The van der Waals surface area contributed by atoms with Crippen LogP contribution in [-0.4, -0.2) is 9.55 Å². The summed E-state index contributed by atoms with van der Waals surface area (Å²) in [5.41, 5.74) is 13.0. The number of fused-ring (bicyclic) bond motifs is 13. The van der Waals surface area contributed by atoms with Gasteiger partial charge in [0, 0.05) is 61.7 Å². The molecule has 1 aliphatic rings. The molecule has 0 amide bonds. The fourth-order valence-corrected chi connectivity index (χ4v) is 9.25. The summed E-state index contributed by atoms with van der Waals surface area (Å²) in [6.45, 7) is 2.30. The zero-order chi connectivity index (χ0) is 35.5. The van der Waals surface area contributed by atoms with Gasteiger partial charge in [0.15, 0.2) is 0 Å². The fourth-order valence-electron chi connectivity index (χ4n) is 9.25. The fraction of sp³-hybridized carbons (Fsp3) is 0.0600. The van der Waals surface area contributed by atoms with Crippen molar-refractivity contribution in [2.24, 2.45) is 5.92 Å². The third-order valence-corrected chi connectivity index (χ3v) is 11.6. The maximum Gasteiger partial charge on any atom is 0.143 e. The van der Waals surface area contributed by atoms with Crippen molar-refractivity contribution in [1.82, 2.24) is 9.55 Å². The van der Waals surface area contributed by atoms with E-state index in [0.717, 1.165) is 99.8 Å². The minimum absolute atomic E-state index is 0.519. The van der Waals surface area contributed by atoms with Crippen LogP contribution in [0.4, 0.5) is 0 Å². The smallest absolute Gasteiger partial charge is 0.143 e. The van der Waals surface area contributed by atoms with Crippen LogP contribution >= 0.6 is 0 Å². The summed E-state index contributed by atoms with van der Waals surface area (Å²) in [6.07, 6.45) is 9.52. The van der Waals surface area contributed by atoms with E-state index in [9.17, 15) is 0 Å². The Morgan fingerprint density at radius 3 is 2.11 bits per heavy atom. The van der Waals surface area contributed by atoms with Gasteiger partial charge >= 0.3 is 0 Å². The number of pyridine rings is 1. The highest BCUT2D eigenvalue weighted by molar-refractivity contribution is 6.31. The van der Waals surface area contributed by atoms with Crippen molar-refractivity contribution in [1.29, 1.82) is 0 Å². The predicted molar refractivity (Wildman–Crippen MR) is 223 cm³/mol. The number of para-hydroxylation sites is 3. The first-order valence-corrected chi connectivity index (χ1v) is 18.7. The van der Waals surface area contributed by atoms with Crippen LogP contribution in [0.2, 0.25) is 0 Å². The second-order valence-corrected chi connectivity index (χ2v) is 14.8. The number of benzene rings is 7. The summed E-state index contributed by atoms with van der Waals surface area (Å²) in [4.78, 5) is 4.63. The number of furan rings is 2. The highest BCUT2D eigenvalue weighted by Crippen LogP contribution is 2.49. The van der Waals surface area contributed by atoms with Gasteiger partial charge in [-0.1, -0.05) is 91.9 Å². The maximum atomic E-state index is 6.79. The second kappa shape index (κ2) is 11.0. The molecule has 0 bridgehead atoms. The first-order chi connectivity index (χ1) is 26.7. The highest BCUT2D eigenvalue weighted by atomic mass is 16.3. The molecule has 0 spiro atoms. The molecule has 254 valence electrons. The van der Waals surface area contributed by atoms with E-state index in [1.165, 1.54) is 22.2 Å². The predicted octanol–water partition coefficient (Wildman–Crippen LogP) is 13.7. The van der Waals surface area contributed by atoms with Crippen molar-refractivity contribution < 1.29 is 8.83 Å². The number of rotatable bonds is 3. The van der Waals surface area contributed by atoms with E-state index in [0.29, 0.717) is 5.92 Å². The van der Waals surface area contributed by atoms with E-state index in [4.69, 9.17) is 8.83 Å².